The number of hydrogen-bond donors (Lipinski definition) is 3. The highest BCUT2D eigenvalue weighted by Crippen LogP contribution is 2.48. The van der Waals surface area contributed by atoms with Gasteiger partial charge in [0.25, 0.3) is 5.91 Å². The topological polar surface area (TPSA) is 99.5 Å². The molecule has 0 aromatic carbocycles. The summed E-state index contributed by atoms with van der Waals surface area (Å²) < 4.78 is 0. The molecule has 0 spiro atoms. The SMILES string of the molecule is Cc1csc(-c2c(NC(=O)C3=CCCC3)sc3c2CC(C)(C)CC3)n1.O=C(O)O. The molecule has 0 radical (unpaired) electrons. The second-order valence-corrected chi connectivity index (χ2v) is 10.2. The zero-order chi connectivity index (χ0) is 21.2. The number of carbonyl (C=O) groups is 2. The van der Waals surface area contributed by atoms with Gasteiger partial charge in [0.1, 0.15) is 10.0 Å². The van der Waals surface area contributed by atoms with E-state index in [0.29, 0.717) is 5.41 Å². The summed E-state index contributed by atoms with van der Waals surface area (Å²) in [6.45, 7) is 6.71. The van der Waals surface area contributed by atoms with E-state index < -0.39 is 6.16 Å². The van der Waals surface area contributed by atoms with Gasteiger partial charge in [0.05, 0.1) is 0 Å². The van der Waals surface area contributed by atoms with Crippen molar-refractivity contribution in [2.75, 3.05) is 5.32 Å². The highest BCUT2D eigenvalue weighted by molar-refractivity contribution is 7.18. The lowest BCUT2D eigenvalue weighted by atomic mass is 9.76. The van der Waals surface area contributed by atoms with Crippen molar-refractivity contribution in [2.24, 2.45) is 5.41 Å². The molecule has 0 bridgehead atoms. The molecule has 2 heterocycles. The molecule has 29 heavy (non-hydrogen) atoms. The zero-order valence-electron chi connectivity index (χ0n) is 16.9. The van der Waals surface area contributed by atoms with Crippen molar-refractivity contribution in [3.05, 3.63) is 33.2 Å². The lowest BCUT2D eigenvalue weighted by Gasteiger charge is -2.29. The molecule has 2 aromatic heterocycles. The van der Waals surface area contributed by atoms with Crippen LogP contribution in [0.5, 0.6) is 0 Å². The first-order chi connectivity index (χ1) is 13.7. The van der Waals surface area contributed by atoms with Gasteiger partial charge in [-0.1, -0.05) is 19.9 Å². The van der Waals surface area contributed by atoms with Crippen LogP contribution in [0.15, 0.2) is 17.0 Å². The summed E-state index contributed by atoms with van der Waals surface area (Å²) in [5.74, 6) is 0.0740. The second-order valence-electron chi connectivity index (χ2n) is 8.20. The fraction of sp³-hybridized carbons (Fsp3) is 0.476. The van der Waals surface area contributed by atoms with Crippen molar-refractivity contribution < 1.29 is 19.8 Å². The van der Waals surface area contributed by atoms with Crippen molar-refractivity contribution in [2.45, 2.75) is 59.3 Å². The van der Waals surface area contributed by atoms with Crippen molar-refractivity contribution in [1.82, 2.24) is 4.98 Å². The van der Waals surface area contributed by atoms with Gasteiger partial charge in [-0.15, -0.1) is 22.7 Å². The summed E-state index contributed by atoms with van der Waals surface area (Å²) >= 11 is 3.44. The minimum atomic E-state index is -1.83. The number of fused-ring (bicyclic) bond motifs is 1. The van der Waals surface area contributed by atoms with Gasteiger partial charge in [0.15, 0.2) is 0 Å². The van der Waals surface area contributed by atoms with Gasteiger partial charge >= 0.3 is 6.16 Å². The van der Waals surface area contributed by atoms with E-state index in [2.05, 4.69) is 30.6 Å². The summed E-state index contributed by atoms with van der Waals surface area (Å²) in [6, 6.07) is 0. The van der Waals surface area contributed by atoms with Crippen LogP contribution in [0.25, 0.3) is 10.6 Å². The standard InChI is InChI=1S/C20H24N2OS2.CH2O3/c1-12-11-24-18(21-12)16-14-10-20(2,3)9-8-15(14)25-19(16)22-17(23)13-6-4-5-7-13;2-1(3)4/h6,11H,4-5,7-10H2,1-3H3,(H,22,23);(H2,2,3,4). The lowest BCUT2D eigenvalue weighted by Crippen LogP contribution is -2.21. The number of anilines is 1. The van der Waals surface area contributed by atoms with Gasteiger partial charge in [-0.25, -0.2) is 9.78 Å². The highest BCUT2D eigenvalue weighted by Gasteiger charge is 2.32. The largest absolute Gasteiger partial charge is 0.503 e. The smallest absolute Gasteiger partial charge is 0.450 e. The van der Waals surface area contributed by atoms with Gasteiger partial charge in [0, 0.05) is 27.1 Å². The van der Waals surface area contributed by atoms with Crippen LogP contribution in [-0.2, 0) is 17.6 Å². The minimum absolute atomic E-state index is 0.0740. The molecule has 2 aliphatic rings. The summed E-state index contributed by atoms with van der Waals surface area (Å²) in [7, 11) is 0. The molecule has 0 unspecified atom stereocenters. The van der Waals surface area contributed by atoms with Gasteiger partial charge in [-0.2, -0.15) is 0 Å². The Kier molecular flexibility index (Phi) is 6.43. The highest BCUT2D eigenvalue weighted by atomic mass is 32.1. The van der Waals surface area contributed by atoms with Crippen LogP contribution in [0, 0.1) is 12.3 Å². The minimum Gasteiger partial charge on any atom is -0.450 e. The number of nitrogens with one attached hydrogen (secondary N) is 1. The van der Waals surface area contributed by atoms with E-state index in [0.717, 1.165) is 53.4 Å². The Balaban J connectivity index is 0.000000552. The number of allylic oxidation sites excluding steroid dienone is 1. The fourth-order valence-electron chi connectivity index (χ4n) is 3.76. The third kappa shape index (κ3) is 5.25. The molecule has 4 rings (SSSR count). The number of rotatable bonds is 3. The summed E-state index contributed by atoms with van der Waals surface area (Å²) in [5.41, 5.74) is 4.88. The van der Waals surface area contributed by atoms with Gasteiger partial charge in [-0.3, -0.25) is 4.79 Å². The lowest BCUT2D eigenvalue weighted by molar-refractivity contribution is -0.112. The Labute approximate surface area is 178 Å². The molecule has 0 saturated heterocycles. The molecule has 6 nitrogen and oxygen atoms in total. The van der Waals surface area contributed by atoms with Crippen LogP contribution in [0.2, 0.25) is 0 Å². The molecular formula is C21H26N2O4S2. The molecule has 3 N–H and O–H groups in total. The molecular weight excluding hydrogens is 408 g/mol. The predicted molar refractivity (Wildman–Crippen MR) is 117 cm³/mol. The Morgan fingerprint density at radius 3 is 2.55 bits per heavy atom. The number of carboxylic acid groups (broad SMARTS) is 2. The van der Waals surface area contributed by atoms with E-state index in [1.165, 1.54) is 22.4 Å². The molecule has 2 aromatic rings. The number of aryl methyl sites for hydroxylation is 2. The molecule has 1 amide bonds. The second kappa shape index (κ2) is 8.67. The number of thiazole rings is 1. The molecule has 0 saturated carbocycles. The maximum absolute atomic E-state index is 12.7. The van der Waals surface area contributed by atoms with Crippen LogP contribution in [0.3, 0.4) is 0 Å². The van der Waals surface area contributed by atoms with Crippen molar-refractivity contribution in [3.63, 3.8) is 0 Å². The van der Waals surface area contributed by atoms with E-state index in [1.807, 2.05) is 6.92 Å². The first kappa shape index (κ1) is 21.5. The Bertz CT molecular complexity index is 952. The van der Waals surface area contributed by atoms with E-state index in [-0.39, 0.29) is 5.91 Å². The molecule has 0 fully saturated rings. The number of thiophene rings is 1. The number of aromatic nitrogens is 1. The first-order valence-corrected chi connectivity index (χ1v) is 11.4. The number of hydrogen-bond acceptors (Lipinski definition) is 5. The number of amides is 1. The van der Waals surface area contributed by atoms with Crippen LogP contribution in [0.1, 0.15) is 55.7 Å². The van der Waals surface area contributed by atoms with Crippen molar-refractivity contribution >= 4 is 39.7 Å². The monoisotopic (exact) mass is 434 g/mol. The third-order valence-corrected chi connectivity index (χ3v) is 7.35. The predicted octanol–water partition coefficient (Wildman–Crippen LogP) is 5.97. The Morgan fingerprint density at radius 2 is 1.97 bits per heavy atom. The maximum Gasteiger partial charge on any atom is 0.503 e. The maximum atomic E-state index is 12.7. The molecule has 0 aliphatic heterocycles. The van der Waals surface area contributed by atoms with E-state index in [9.17, 15) is 4.79 Å². The molecule has 8 heteroatoms. The summed E-state index contributed by atoms with van der Waals surface area (Å²) in [4.78, 5) is 27.4. The van der Waals surface area contributed by atoms with E-state index in [1.54, 1.807) is 22.7 Å². The molecule has 2 aliphatic carbocycles. The number of carbonyl (C=O) groups excluding carboxylic acids is 1. The van der Waals surface area contributed by atoms with Crippen molar-refractivity contribution in [3.8, 4) is 10.6 Å². The Hall–Kier alpha value is -2.19. The molecule has 156 valence electrons. The van der Waals surface area contributed by atoms with Gasteiger partial charge in [-0.05, 0) is 56.4 Å². The van der Waals surface area contributed by atoms with Crippen LogP contribution < -0.4 is 5.32 Å². The fourth-order valence-corrected chi connectivity index (χ4v) is 5.92. The average Bonchev–Trinajstić information content (AvgIpc) is 3.33. The normalized spacial score (nSPS) is 17.0. The number of nitrogens with zero attached hydrogens (tertiary/aromatic N) is 1. The summed E-state index contributed by atoms with van der Waals surface area (Å²) in [6.07, 6.45) is 6.63. The van der Waals surface area contributed by atoms with Crippen LogP contribution in [0.4, 0.5) is 9.80 Å². The van der Waals surface area contributed by atoms with Gasteiger partial charge < -0.3 is 15.5 Å². The van der Waals surface area contributed by atoms with Crippen LogP contribution >= 0.6 is 22.7 Å². The average molecular weight is 435 g/mol. The zero-order valence-corrected chi connectivity index (χ0v) is 18.5. The summed E-state index contributed by atoms with van der Waals surface area (Å²) in [5, 5.41) is 21.3. The quantitative estimate of drug-likeness (QED) is 0.553. The Morgan fingerprint density at radius 1 is 1.24 bits per heavy atom. The van der Waals surface area contributed by atoms with Crippen LogP contribution in [-0.4, -0.2) is 27.3 Å². The van der Waals surface area contributed by atoms with E-state index in [4.69, 9.17) is 20.0 Å². The van der Waals surface area contributed by atoms with E-state index >= 15 is 0 Å². The van der Waals surface area contributed by atoms with Gasteiger partial charge in [0.2, 0.25) is 0 Å². The first-order valence-electron chi connectivity index (χ1n) is 9.65. The van der Waals surface area contributed by atoms with Crippen molar-refractivity contribution in [1.29, 1.82) is 0 Å². The molecule has 0 atom stereocenters. The third-order valence-electron chi connectivity index (χ3n) is 5.17.